The molecular weight excluding hydrogens is 250 g/mol. The van der Waals surface area contributed by atoms with Crippen molar-refractivity contribution in [2.24, 2.45) is 0 Å². The Labute approximate surface area is 111 Å². The number of hydrogen-bond donors (Lipinski definition) is 0. The van der Waals surface area contributed by atoms with Crippen molar-refractivity contribution in [3.8, 4) is 11.6 Å². The van der Waals surface area contributed by atoms with Crippen LogP contribution in [0.3, 0.4) is 0 Å². The minimum atomic E-state index is 0.437. The van der Waals surface area contributed by atoms with Crippen LogP contribution in [0.4, 0.5) is 0 Å². The van der Waals surface area contributed by atoms with E-state index in [0.717, 1.165) is 18.4 Å². The van der Waals surface area contributed by atoms with Crippen molar-refractivity contribution in [2.75, 3.05) is 0 Å². The Hall–Kier alpha value is -1.68. The average molecular weight is 264 g/mol. The average Bonchev–Trinajstić information content (AvgIpc) is 2.37. The molecule has 0 aliphatic heterocycles. The van der Waals surface area contributed by atoms with Gasteiger partial charge in [-0.05, 0) is 25.5 Å². The summed E-state index contributed by atoms with van der Waals surface area (Å²) in [7, 11) is 0. The van der Waals surface area contributed by atoms with Crippen LogP contribution < -0.4 is 4.74 Å². The third-order valence-electron chi connectivity index (χ3n) is 2.41. The molecule has 0 unspecified atom stereocenters. The number of ether oxygens (including phenoxy) is 1. The van der Waals surface area contributed by atoms with Crippen LogP contribution >= 0.6 is 11.6 Å². The van der Waals surface area contributed by atoms with Gasteiger partial charge in [-0.3, -0.25) is 4.98 Å². The summed E-state index contributed by atoms with van der Waals surface area (Å²) in [6.45, 7) is 3.91. The van der Waals surface area contributed by atoms with E-state index >= 15 is 0 Å². The van der Waals surface area contributed by atoms with Crippen LogP contribution in [-0.4, -0.2) is 15.0 Å². The Bertz CT molecular complexity index is 531. The van der Waals surface area contributed by atoms with Crippen LogP contribution in [0.25, 0.3) is 0 Å². The highest BCUT2D eigenvalue weighted by Crippen LogP contribution is 2.26. The molecule has 0 atom stereocenters. The van der Waals surface area contributed by atoms with E-state index in [0.29, 0.717) is 22.6 Å². The molecule has 2 aromatic heterocycles. The zero-order valence-electron chi connectivity index (χ0n) is 10.4. The zero-order chi connectivity index (χ0) is 13.0. The fraction of sp³-hybridized carbons (Fsp3) is 0.308. The van der Waals surface area contributed by atoms with Gasteiger partial charge in [0.25, 0.3) is 0 Å². The smallest absolute Gasteiger partial charge is 0.227 e. The first-order valence-electron chi connectivity index (χ1n) is 5.81. The molecule has 2 rings (SSSR count). The molecule has 0 bridgehead atoms. The van der Waals surface area contributed by atoms with Gasteiger partial charge in [0.05, 0.1) is 6.20 Å². The first kappa shape index (κ1) is 12.8. The normalized spacial score (nSPS) is 10.4. The molecule has 0 amide bonds. The Kier molecular flexibility index (Phi) is 4.10. The van der Waals surface area contributed by atoms with Crippen LogP contribution in [-0.2, 0) is 6.42 Å². The molecule has 0 fully saturated rings. The quantitative estimate of drug-likeness (QED) is 0.791. The molecule has 4 nitrogen and oxygen atoms in total. The van der Waals surface area contributed by atoms with E-state index in [4.69, 9.17) is 16.3 Å². The molecule has 2 aromatic rings. The summed E-state index contributed by atoms with van der Waals surface area (Å²) >= 11 is 6.07. The molecule has 2 heterocycles. The molecule has 0 saturated heterocycles. The maximum atomic E-state index is 6.07. The molecule has 94 valence electrons. The van der Waals surface area contributed by atoms with E-state index in [9.17, 15) is 0 Å². The standard InChI is InChI=1S/C13H14ClN3O/c1-3-5-11-16-12(14)9(2)13(17-11)18-10-6-4-7-15-8-10/h4,6-8H,3,5H2,1-2H3. The van der Waals surface area contributed by atoms with Crippen molar-refractivity contribution >= 4 is 11.6 Å². The molecule has 0 aliphatic rings. The Morgan fingerprint density at radius 1 is 1.33 bits per heavy atom. The molecular formula is C13H14ClN3O. The first-order chi connectivity index (χ1) is 8.70. The number of rotatable bonds is 4. The lowest BCUT2D eigenvalue weighted by Crippen LogP contribution is -2.01. The van der Waals surface area contributed by atoms with E-state index in [1.54, 1.807) is 18.5 Å². The molecule has 0 saturated carbocycles. The summed E-state index contributed by atoms with van der Waals surface area (Å²) in [6.07, 6.45) is 5.07. The second-order valence-corrected chi connectivity index (χ2v) is 4.26. The second-order valence-electron chi connectivity index (χ2n) is 3.90. The number of aromatic nitrogens is 3. The van der Waals surface area contributed by atoms with Crippen LogP contribution in [0.15, 0.2) is 24.5 Å². The summed E-state index contributed by atoms with van der Waals surface area (Å²) in [5.41, 5.74) is 0.736. The van der Waals surface area contributed by atoms with Gasteiger partial charge >= 0.3 is 0 Å². The lowest BCUT2D eigenvalue weighted by atomic mass is 10.3. The monoisotopic (exact) mass is 263 g/mol. The van der Waals surface area contributed by atoms with Gasteiger partial charge in [0.2, 0.25) is 5.88 Å². The lowest BCUT2D eigenvalue weighted by molar-refractivity contribution is 0.452. The molecule has 5 heteroatoms. The number of nitrogens with zero attached hydrogens (tertiary/aromatic N) is 3. The van der Waals surface area contributed by atoms with Crippen molar-refractivity contribution in [1.82, 2.24) is 15.0 Å². The molecule has 0 N–H and O–H groups in total. The number of halogens is 1. The maximum Gasteiger partial charge on any atom is 0.227 e. The third-order valence-corrected chi connectivity index (χ3v) is 2.78. The summed E-state index contributed by atoms with van der Waals surface area (Å²) in [6, 6.07) is 3.63. The predicted octanol–water partition coefficient (Wildman–Crippen LogP) is 3.58. The minimum Gasteiger partial charge on any atom is -0.437 e. The Morgan fingerprint density at radius 3 is 2.83 bits per heavy atom. The van der Waals surface area contributed by atoms with Crippen LogP contribution in [0.2, 0.25) is 5.15 Å². The minimum absolute atomic E-state index is 0.437. The molecule has 0 spiro atoms. The van der Waals surface area contributed by atoms with Gasteiger partial charge in [-0.25, -0.2) is 4.98 Å². The molecule has 0 radical (unpaired) electrons. The van der Waals surface area contributed by atoms with E-state index < -0.39 is 0 Å². The van der Waals surface area contributed by atoms with Gasteiger partial charge in [0.1, 0.15) is 16.7 Å². The number of hydrogen-bond acceptors (Lipinski definition) is 4. The van der Waals surface area contributed by atoms with Crippen molar-refractivity contribution in [1.29, 1.82) is 0 Å². The molecule has 18 heavy (non-hydrogen) atoms. The first-order valence-corrected chi connectivity index (χ1v) is 6.19. The number of aryl methyl sites for hydroxylation is 1. The zero-order valence-corrected chi connectivity index (χ0v) is 11.1. The van der Waals surface area contributed by atoms with E-state index in [-0.39, 0.29) is 0 Å². The molecule has 0 aliphatic carbocycles. The van der Waals surface area contributed by atoms with Crippen molar-refractivity contribution in [2.45, 2.75) is 26.7 Å². The van der Waals surface area contributed by atoms with Crippen LogP contribution in [0.1, 0.15) is 24.7 Å². The maximum absolute atomic E-state index is 6.07. The fourth-order valence-corrected chi connectivity index (χ4v) is 1.64. The van der Waals surface area contributed by atoms with E-state index in [1.807, 2.05) is 13.0 Å². The van der Waals surface area contributed by atoms with E-state index in [2.05, 4.69) is 21.9 Å². The van der Waals surface area contributed by atoms with Crippen molar-refractivity contribution < 1.29 is 4.74 Å². The van der Waals surface area contributed by atoms with Gasteiger partial charge in [-0.15, -0.1) is 0 Å². The van der Waals surface area contributed by atoms with Gasteiger partial charge < -0.3 is 4.74 Å². The molecule has 0 aromatic carbocycles. The van der Waals surface area contributed by atoms with Gasteiger partial charge in [-0.1, -0.05) is 18.5 Å². The van der Waals surface area contributed by atoms with Crippen molar-refractivity contribution in [3.05, 3.63) is 41.1 Å². The second kappa shape index (κ2) is 5.78. The lowest BCUT2D eigenvalue weighted by Gasteiger charge is -2.09. The topological polar surface area (TPSA) is 47.9 Å². The van der Waals surface area contributed by atoms with Crippen LogP contribution in [0, 0.1) is 6.92 Å². The highest BCUT2D eigenvalue weighted by molar-refractivity contribution is 6.30. The largest absolute Gasteiger partial charge is 0.437 e. The highest BCUT2D eigenvalue weighted by atomic mass is 35.5. The summed E-state index contributed by atoms with van der Waals surface area (Å²) < 4.78 is 5.68. The van der Waals surface area contributed by atoms with Crippen LogP contribution in [0.5, 0.6) is 11.6 Å². The van der Waals surface area contributed by atoms with Crippen molar-refractivity contribution in [3.63, 3.8) is 0 Å². The van der Waals surface area contributed by atoms with Gasteiger partial charge in [-0.2, -0.15) is 4.98 Å². The number of pyridine rings is 1. The Balaban J connectivity index is 2.31. The highest BCUT2D eigenvalue weighted by Gasteiger charge is 2.11. The van der Waals surface area contributed by atoms with Gasteiger partial charge in [0, 0.05) is 18.2 Å². The Morgan fingerprint density at radius 2 is 2.17 bits per heavy atom. The summed E-state index contributed by atoms with van der Waals surface area (Å²) in [5, 5.41) is 0.437. The van der Waals surface area contributed by atoms with E-state index in [1.165, 1.54) is 0 Å². The summed E-state index contributed by atoms with van der Waals surface area (Å²) in [4.78, 5) is 12.6. The fourth-order valence-electron chi connectivity index (χ4n) is 1.47. The summed E-state index contributed by atoms with van der Waals surface area (Å²) in [5.74, 6) is 1.83. The predicted molar refractivity (Wildman–Crippen MR) is 70.1 cm³/mol. The third kappa shape index (κ3) is 2.96. The SMILES string of the molecule is CCCc1nc(Cl)c(C)c(Oc2cccnc2)n1. The van der Waals surface area contributed by atoms with Gasteiger partial charge in [0.15, 0.2) is 0 Å².